The second kappa shape index (κ2) is 9.25. The molecule has 10 heteroatoms. The lowest BCUT2D eigenvalue weighted by molar-refractivity contribution is -0.137. The van der Waals surface area contributed by atoms with Gasteiger partial charge in [0.25, 0.3) is 11.8 Å². The maximum absolute atomic E-state index is 12.8. The second-order valence-corrected chi connectivity index (χ2v) is 6.56. The molecule has 0 aliphatic rings. The van der Waals surface area contributed by atoms with E-state index in [1.54, 1.807) is 12.1 Å². The summed E-state index contributed by atoms with van der Waals surface area (Å²) in [6, 6.07) is 10.4. The fourth-order valence-corrected chi connectivity index (χ4v) is 2.57. The zero-order valence-electron chi connectivity index (χ0n) is 14.6. The summed E-state index contributed by atoms with van der Waals surface area (Å²) in [6.45, 7) is -0.416. The van der Waals surface area contributed by atoms with Crippen molar-refractivity contribution in [2.24, 2.45) is 5.73 Å². The Balaban J connectivity index is 2.31. The van der Waals surface area contributed by atoms with E-state index in [4.69, 9.17) is 10.5 Å². The third-order valence-electron chi connectivity index (χ3n) is 3.45. The van der Waals surface area contributed by atoms with Crippen LogP contribution in [0.4, 0.5) is 18.9 Å². The van der Waals surface area contributed by atoms with Gasteiger partial charge in [-0.3, -0.25) is 9.59 Å². The molecule has 0 aliphatic heterocycles. The molecule has 0 radical (unpaired) electrons. The first-order chi connectivity index (χ1) is 13.6. The van der Waals surface area contributed by atoms with E-state index in [1.165, 1.54) is 24.3 Å². The number of nitrogens with two attached hydrogens (primary N) is 1. The number of carbonyl (C=O) groups is 2. The number of hydrogen-bond acceptors (Lipinski definition) is 4. The van der Waals surface area contributed by atoms with Gasteiger partial charge in [-0.25, -0.2) is 0 Å². The molecule has 0 atom stereocenters. The van der Waals surface area contributed by atoms with Gasteiger partial charge in [-0.2, -0.15) is 18.4 Å². The Morgan fingerprint density at radius 2 is 1.97 bits per heavy atom. The van der Waals surface area contributed by atoms with E-state index in [-0.39, 0.29) is 22.6 Å². The van der Waals surface area contributed by atoms with Crippen LogP contribution in [0.3, 0.4) is 0 Å². The molecule has 2 aromatic carbocycles. The van der Waals surface area contributed by atoms with E-state index < -0.39 is 30.2 Å². The van der Waals surface area contributed by atoms with Crippen LogP contribution in [0.1, 0.15) is 11.1 Å². The van der Waals surface area contributed by atoms with Crippen LogP contribution in [-0.2, 0) is 15.8 Å². The van der Waals surface area contributed by atoms with Gasteiger partial charge >= 0.3 is 6.18 Å². The van der Waals surface area contributed by atoms with Crippen LogP contribution < -0.4 is 15.8 Å². The number of primary amides is 1. The highest BCUT2D eigenvalue weighted by molar-refractivity contribution is 9.10. The standard InChI is InChI=1S/C19H13BrF3N3O3/c20-14-4-5-16(29-10-17(25)27)11(7-14)6-12(9-24)18(28)26-15-3-1-2-13(8-15)19(21,22)23/h1-8H,10H2,(H2,25,27)(H,26,28)/b12-6+. The number of alkyl halides is 3. The molecule has 6 nitrogen and oxygen atoms in total. The minimum Gasteiger partial charge on any atom is -0.483 e. The van der Waals surface area contributed by atoms with Gasteiger partial charge in [-0.15, -0.1) is 0 Å². The first kappa shape index (κ1) is 22.0. The van der Waals surface area contributed by atoms with Crippen molar-refractivity contribution in [3.63, 3.8) is 0 Å². The lowest BCUT2D eigenvalue weighted by Crippen LogP contribution is -2.20. The fraction of sp³-hybridized carbons (Fsp3) is 0.105. The summed E-state index contributed by atoms with van der Waals surface area (Å²) >= 11 is 3.24. The molecule has 2 aromatic rings. The normalized spacial score (nSPS) is 11.5. The zero-order chi connectivity index (χ0) is 21.6. The van der Waals surface area contributed by atoms with Crippen molar-refractivity contribution in [1.29, 1.82) is 5.26 Å². The molecule has 150 valence electrons. The number of ether oxygens (including phenoxy) is 1. The zero-order valence-corrected chi connectivity index (χ0v) is 16.2. The van der Waals surface area contributed by atoms with Gasteiger partial charge in [0.15, 0.2) is 6.61 Å². The smallest absolute Gasteiger partial charge is 0.416 e. The van der Waals surface area contributed by atoms with E-state index in [0.29, 0.717) is 4.47 Å². The summed E-state index contributed by atoms with van der Waals surface area (Å²) in [5.74, 6) is -1.44. The van der Waals surface area contributed by atoms with Crippen LogP contribution in [0.15, 0.2) is 52.5 Å². The first-order valence-electron chi connectivity index (χ1n) is 7.91. The largest absolute Gasteiger partial charge is 0.483 e. The highest BCUT2D eigenvalue weighted by atomic mass is 79.9. The number of amides is 2. The van der Waals surface area contributed by atoms with Gasteiger partial charge in [0.05, 0.1) is 5.56 Å². The van der Waals surface area contributed by atoms with Crippen LogP contribution >= 0.6 is 15.9 Å². The number of carbonyl (C=O) groups excluding carboxylic acids is 2. The number of nitriles is 1. The van der Waals surface area contributed by atoms with Crippen LogP contribution in [0, 0.1) is 11.3 Å². The molecule has 0 spiro atoms. The third kappa shape index (κ3) is 6.36. The van der Waals surface area contributed by atoms with E-state index in [2.05, 4.69) is 21.2 Å². The SMILES string of the molecule is N#C/C(=C\c1cc(Br)ccc1OCC(N)=O)C(=O)Nc1cccc(C(F)(F)F)c1. The average molecular weight is 468 g/mol. The summed E-state index contributed by atoms with van der Waals surface area (Å²) in [4.78, 5) is 23.3. The number of benzene rings is 2. The third-order valence-corrected chi connectivity index (χ3v) is 3.95. The Morgan fingerprint density at radius 3 is 2.59 bits per heavy atom. The molecule has 0 aliphatic carbocycles. The monoisotopic (exact) mass is 467 g/mol. The molecule has 0 unspecified atom stereocenters. The fourth-order valence-electron chi connectivity index (χ4n) is 2.19. The minimum atomic E-state index is -4.57. The van der Waals surface area contributed by atoms with E-state index in [9.17, 15) is 28.0 Å². The van der Waals surface area contributed by atoms with Crippen molar-refractivity contribution < 1.29 is 27.5 Å². The highest BCUT2D eigenvalue weighted by Crippen LogP contribution is 2.31. The Labute approximate surface area is 171 Å². The predicted octanol–water partition coefficient (Wildman–Crippen LogP) is 3.88. The molecule has 0 heterocycles. The minimum absolute atomic E-state index is 0.120. The number of rotatable bonds is 6. The number of hydrogen-bond donors (Lipinski definition) is 2. The van der Waals surface area contributed by atoms with Crippen molar-refractivity contribution in [2.45, 2.75) is 6.18 Å². The molecule has 3 N–H and O–H groups in total. The quantitative estimate of drug-likeness (QED) is 0.496. The summed E-state index contributed by atoms with van der Waals surface area (Å²) < 4.78 is 44.3. The molecule has 0 saturated heterocycles. The van der Waals surface area contributed by atoms with Crippen LogP contribution in [-0.4, -0.2) is 18.4 Å². The van der Waals surface area contributed by atoms with Gasteiger partial charge in [0.2, 0.25) is 0 Å². The van der Waals surface area contributed by atoms with Crippen LogP contribution in [0.2, 0.25) is 0 Å². The van der Waals surface area contributed by atoms with E-state index in [1.807, 2.05) is 0 Å². The van der Waals surface area contributed by atoms with Crippen molar-refractivity contribution >= 4 is 39.5 Å². The summed E-state index contributed by atoms with van der Waals surface area (Å²) in [5, 5.41) is 11.6. The Kier molecular flexibility index (Phi) is 7.01. The highest BCUT2D eigenvalue weighted by Gasteiger charge is 2.30. The maximum Gasteiger partial charge on any atom is 0.416 e. The molecule has 2 rings (SSSR count). The van der Waals surface area contributed by atoms with Gasteiger partial charge in [-0.1, -0.05) is 22.0 Å². The molecular formula is C19H13BrF3N3O3. The number of halogens is 4. The van der Waals surface area contributed by atoms with E-state index >= 15 is 0 Å². The van der Waals surface area contributed by atoms with Crippen LogP contribution in [0.25, 0.3) is 6.08 Å². The Hall–Kier alpha value is -3.32. The van der Waals surface area contributed by atoms with Crippen molar-refractivity contribution in [2.75, 3.05) is 11.9 Å². The summed E-state index contributed by atoms with van der Waals surface area (Å²) in [5.41, 5.74) is 3.88. The van der Waals surface area contributed by atoms with Crippen molar-refractivity contribution in [3.05, 3.63) is 63.6 Å². The lowest BCUT2D eigenvalue weighted by atomic mass is 10.1. The summed E-state index contributed by atoms with van der Waals surface area (Å²) in [7, 11) is 0. The number of anilines is 1. The molecule has 0 fully saturated rings. The average Bonchev–Trinajstić information content (AvgIpc) is 2.64. The van der Waals surface area contributed by atoms with Gasteiger partial charge < -0.3 is 15.8 Å². The maximum atomic E-state index is 12.8. The molecule has 0 aromatic heterocycles. The first-order valence-corrected chi connectivity index (χ1v) is 8.70. The number of nitrogens with zero attached hydrogens (tertiary/aromatic N) is 1. The molecular weight excluding hydrogens is 455 g/mol. The predicted molar refractivity (Wildman–Crippen MR) is 102 cm³/mol. The lowest BCUT2D eigenvalue weighted by Gasteiger charge is -2.10. The molecule has 0 bridgehead atoms. The topological polar surface area (TPSA) is 105 Å². The van der Waals surface area contributed by atoms with Crippen molar-refractivity contribution in [3.8, 4) is 11.8 Å². The van der Waals surface area contributed by atoms with Gasteiger partial charge in [-0.05, 0) is 42.5 Å². The molecule has 29 heavy (non-hydrogen) atoms. The molecule has 0 saturated carbocycles. The Morgan fingerprint density at radius 1 is 1.24 bits per heavy atom. The van der Waals surface area contributed by atoms with Gasteiger partial charge in [0, 0.05) is 15.7 Å². The second-order valence-electron chi connectivity index (χ2n) is 5.64. The molecule has 2 amide bonds. The Bertz CT molecular complexity index is 1010. The van der Waals surface area contributed by atoms with E-state index in [0.717, 1.165) is 18.2 Å². The van der Waals surface area contributed by atoms with Gasteiger partial charge in [0.1, 0.15) is 17.4 Å². The van der Waals surface area contributed by atoms with Crippen molar-refractivity contribution in [1.82, 2.24) is 0 Å². The number of nitrogens with one attached hydrogen (secondary N) is 1. The summed E-state index contributed by atoms with van der Waals surface area (Å²) in [6.07, 6.45) is -3.39. The van der Waals surface area contributed by atoms with Crippen LogP contribution in [0.5, 0.6) is 5.75 Å².